The van der Waals surface area contributed by atoms with E-state index in [4.69, 9.17) is 9.47 Å². The van der Waals surface area contributed by atoms with E-state index in [-0.39, 0.29) is 18.3 Å². The Bertz CT molecular complexity index is 632. The van der Waals surface area contributed by atoms with Gasteiger partial charge in [-0.25, -0.2) is 0 Å². The van der Waals surface area contributed by atoms with Gasteiger partial charge >= 0.3 is 0 Å². The van der Waals surface area contributed by atoms with Crippen molar-refractivity contribution in [2.45, 2.75) is 13.3 Å². The average Bonchev–Trinajstić information content (AvgIpc) is 2.57. The lowest BCUT2D eigenvalue weighted by molar-refractivity contribution is -0.116. The fourth-order valence-corrected chi connectivity index (χ4v) is 2.01. The van der Waals surface area contributed by atoms with Crippen LogP contribution in [0, 0.1) is 0 Å². The van der Waals surface area contributed by atoms with Crippen LogP contribution in [-0.4, -0.2) is 26.1 Å². The van der Waals surface area contributed by atoms with E-state index in [1.165, 1.54) is 0 Å². The van der Waals surface area contributed by atoms with Gasteiger partial charge in [0.25, 0.3) is 0 Å². The minimum Gasteiger partial charge on any atom is -0.494 e. The molecular weight excluding hydrogens is 328 g/mol. The molecule has 0 unspecified atom stereocenters. The Hall–Kier alpha value is -2.24. The SMILES string of the molecule is CCOc1ccc(Oc2ccccc2NC(=O)CCNC)cc1.Cl. The summed E-state index contributed by atoms with van der Waals surface area (Å²) in [5.41, 5.74) is 0.655. The van der Waals surface area contributed by atoms with Crippen LogP contribution in [0.3, 0.4) is 0 Å². The maximum absolute atomic E-state index is 11.9. The molecule has 0 radical (unpaired) electrons. The van der Waals surface area contributed by atoms with Gasteiger partial charge in [-0.05, 0) is 50.4 Å². The predicted molar refractivity (Wildman–Crippen MR) is 98.5 cm³/mol. The molecule has 2 N–H and O–H groups in total. The summed E-state index contributed by atoms with van der Waals surface area (Å²) in [6.45, 7) is 3.20. The van der Waals surface area contributed by atoms with E-state index < -0.39 is 0 Å². The lowest BCUT2D eigenvalue weighted by Crippen LogP contribution is -2.18. The zero-order chi connectivity index (χ0) is 16.5. The molecule has 0 fully saturated rings. The molecule has 130 valence electrons. The summed E-state index contributed by atoms with van der Waals surface area (Å²) in [7, 11) is 1.82. The minimum absolute atomic E-state index is 0. The Kier molecular flexibility index (Phi) is 8.68. The first kappa shape index (κ1) is 19.8. The second-order valence-electron chi connectivity index (χ2n) is 4.90. The molecular formula is C18H23ClN2O3. The normalized spacial score (nSPS) is 9.75. The number of amides is 1. The molecule has 2 aromatic carbocycles. The predicted octanol–water partition coefficient (Wildman–Crippen LogP) is 3.85. The van der Waals surface area contributed by atoms with Gasteiger partial charge in [-0.15, -0.1) is 12.4 Å². The number of hydrogen-bond acceptors (Lipinski definition) is 4. The van der Waals surface area contributed by atoms with Gasteiger partial charge in [-0.1, -0.05) is 12.1 Å². The van der Waals surface area contributed by atoms with Crippen molar-refractivity contribution in [2.75, 3.05) is 25.5 Å². The number of hydrogen-bond donors (Lipinski definition) is 2. The van der Waals surface area contributed by atoms with E-state index in [0.717, 1.165) is 5.75 Å². The van der Waals surface area contributed by atoms with Gasteiger partial charge in [0, 0.05) is 13.0 Å². The van der Waals surface area contributed by atoms with Crippen LogP contribution in [-0.2, 0) is 4.79 Å². The van der Waals surface area contributed by atoms with Crippen molar-refractivity contribution in [1.29, 1.82) is 0 Å². The lowest BCUT2D eigenvalue weighted by atomic mass is 10.2. The van der Waals surface area contributed by atoms with Gasteiger partial charge in [0.2, 0.25) is 5.91 Å². The number of para-hydroxylation sites is 2. The number of carbonyl (C=O) groups is 1. The maximum Gasteiger partial charge on any atom is 0.225 e. The summed E-state index contributed by atoms with van der Waals surface area (Å²) in [5.74, 6) is 2.04. The monoisotopic (exact) mass is 350 g/mol. The highest BCUT2D eigenvalue weighted by molar-refractivity contribution is 5.92. The third-order valence-corrected chi connectivity index (χ3v) is 3.13. The molecule has 0 saturated carbocycles. The maximum atomic E-state index is 11.9. The number of anilines is 1. The van der Waals surface area contributed by atoms with E-state index in [2.05, 4.69) is 10.6 Å². The Morgan fingerprint density at radius 2 is 1.71 bits per heavy atom. The summed E-state index contributed by atoms with van der Waals surface area (Å²) in [4.78, 5) is 11.9. The molecule has 2 aromatic rings. The Balaban J connectivity index is 0.00000288. The summed E-state index contributed by atoms with van der Waals surface area (Å²) in [5, 5.41) is 5.82. The van der Waals surface area contributed by atoms with Gasteiger partial charge in [0.05, 0.1) is 12.3 Å². The van der Waals surface area contributed by atoms with E-state index in [0.29, 0.717) is 36.8 Å². The first-order chi connectivity index (χ1) is 11.2. The molecule has 0 bridgehead atoms. The van der Waals surface area contributed by atoms with Gasteiger partial charge in [-0.3, -0.25) is 4.79 Å². The summed E-state index contributed by atoms with van der Waals surface area (Å²) >= 11 is 0. The quantitative estimate of drug-likeness (QED) is 0.759. The standard InChI is InChI=1S/C18H22N2O3.ClH/c1-3-22-14-8-10-15(11-9-14)23-17-7-5-4-6-16(17)20-18(21)12-13-19-2;/h4-11,19H,3,12-13H2,1-2H3,(H,20,21);1H. The summed E-state index contributed by atoms with van der Waals surface area (Å²) < 4.78 is 11.3. The van der Waals surface area contributed by atoms with Crippen LogP contribution in [0.15, 0.2) is 48.5 Å². The zero-order valence-electron chi connectivity index (χ0n) is 13.9. The molecule has 2 rings (SSSR count). The van der Waals surface area contributed by atoms with Crippen molar-refractivity contribution < 1.29 is 14.3 Å². The lowest BCUT2D eigenvalue weighted by Gasteiger charge is -2.12. The molecule has 0 spiro atoms. The van der Waals surface area contributed by atoms with Crippen molar-refractivity contribution in [3.63, 3.8) is 0 Å². The van der Waals surface area contributed by atoms with Crippen molar-refractivity contribution in [1.82, 2.24) is 5.32 Å². The second kappa shape index (κ2) is 10.5. The van der Waals surface area contributed by atoms with Crippen molar-refractivity contribution in [2.24, 2.45) is 0 Å². The average molecular weight is 351 g/mol. The fraction of sp³-hybridized carbons (Fsp3) is 0.278. The Morgan fingerprint density at radius 3 is 2.38 bits per heavy atom. The van der Waals surface area contributed by atoms with Gasteiger partial charge < -0.3 is 20.1 Å². The van der Waals surface area contributed by atoms with Crippen LogP contribution in [0.2, 0.25) is 0 Å². The number of halogens is 1. The van der Waals surface area contributed by atoms with Crippen molar-refractivity contribution in [3.8, 4) is 17.2 Å². The third-order valence-electron chi connectivity index (χ3n) is 3.13. The highest BCUT2D eigenvalue weighted by atomic mass is 35.5. The second-order valence-corrected chi connectivity index (χ2v) is 4.90. The smallest absolute Gasteiger partial charge is 0.225 e. The molecule has 0 heterocycles. The number of ether oxygens (including phenoxy) is 2. The Morgan fingerprint density at radius 1 is 1.04 bits per heavy atom. The summed E-state index contributed by atoms with van der Waals surface area (Å²) in [6, 6.07) is 14.8. The number of carbonyl (C=O) groups excluding carboxylic acids is 1. The van der Waals surface area contributed by atoms with E-state index >= 15 is 0 Å². The van der Waals surface area contributed by atoms with E-state index in [9.17, 15) is 4.79 Å². The molecule has 0 aromatic heterocycles. The Labute approximate surface area is 148 Å². The van der Waals surface area contributed by atoms with Crippen LogP contribution in [0.5, 0.6) is 17.2 Å². The molecule has 0 saturated heterocycles. The first-order valence-corrected chi connectivity index (χ1v) is 7.67. The van der Waals surface area contributed by atoms with Crippen molar-refractivity contribution in [3.05, 3.63) is 48.5 Å². The third kappa shape index (κ3) is 6.10. The van der Waals surface area contributed by atoms with Crippen LogP contribution in [0.4, 0.5) is 5.69 Å². The van der Waals surface area contributed by atoms with Crippen LogP contribution in [0.25, 0.3) is 0 Å². The number of benzene rings is 2. The molecule has 0 aliphatic heterocycles. The first-order valence-electron chi connectivity index (χ1n) is 7.67. The number of nitrogens with one attached hydrogen (secondary N) is 2. The van der Waals surface area contributed by atoms with Crippen LogP contribution >= 0.6 is 12.4 Å². The van der Waals surface area contributed by atoms with Crippen LogP contribution in [0.1, 0.15) is 13.3 Å². The topological polar surface area (TPSA) is 59.6 Å². The molecule has 0 aliphatic rings. The largest absolute Gasteiger partial charge is 0.494 e. The van der Waals surface area contributed by atoms with Crippen LogP contribution < -0.4 is 20.1 Å². The fourth-order valence-electron chi connectivity index (χ4n) is 2.01. The highest BCUT2D eigenvalue weighted by Gasteiger charge is 2.08. The molecule has 6 heteroatoms. The van der Waals surface area contributed by atoms with Crippen molar-refractivity contribution >= 4 is 24.0 Å². The number of rotatable bonds is 8. The molecule has 0 aliphatic carbocycles. The van der Waals surface area contributed by atoms with E-state index in [1.807, 2.05) is 62.5 Å². The molecule has 1 amide bonds. The van der Waals surface area contributed by atoms with Gasteiger partial charge in [0.15, 0.2) is 5.75 Å². The van der Waals surface area contributed by atoms with E-state index in [1.54, 1.807) is 0 Å². The highest BCUT2D eigenvalue weighted by Crippen LogP contribution is 2.30. The molecule has 0 atom stereocenters. The summed E-state index contributed by atoms with van der Waals surface area (Å²) in [6.07, 6.45) is 0.411. The van der Waals surface area contributed by atoms with Gasteiger partial charge in [0.1, 0.15) is 11.5 Å². The molecule has 5 nitrogen and oxygen atoms in total. The van der Waals surface area contributed by atoms with Gasteiger partial charge in [-0.2, -0.15) is 0 Å². The minimum atomic E-state index is -0.0536. The zero-order valence-corrected chi connectivity index (χ0v) is 14.7. The molecule has 24 heavy (non-hydrogen) atoms.